The third kappa shape index (κ3) is 6.81. The van der Waals surface area contributed by atoms with Gasteiger partial charge < -0.3 is 9.47 Å². The smallest absolute Gasteiger partial charge is 0.0541 e. The second-order valence-corrected chi connectivity index (χ2v) is 14.5. The van der Waals surface area contributed by atoms with E-state index < -0.39 is 0 Å². The van der Waals surface area contributed by atoms with E-state index in [2.05, 4.69) is 202 Å². The van der Waals surface area contributed by atoms with Crippen LogP contribution in [-0.2, 0) is 5.41 Å². The molecule has 0 spiro atoms. The van der Waals surface area contributed by atoms with Gasteiger partial charge in [-0.15, -0.1) is 0 Å². The Kier molecular flexibility index (Phi) is 9.41. The maximum absolute atomic E-state index is 4.36. The number of fused-ring (bicyclic) bond motifs is 3. The van der Waals surface area contributed by atoms with Crippen molar-refractivity contribution in [3.8, 4) is 27.9 Å². The molecule has 7 aromatic rings. The van der Waals surface area contributed by atoms with Gasteiger partial charge >= 0.3 is 0 Å². The molecular weight excluding hydrogens is 629 g/mol. The van der Waals surface area contributed by atoms with Crippen LogP contribution in [0.3, 0.4) is 0 Å². The van der Waals surface area contributed by atoms with Crippen molar-refractivity contribution in [2.45, 2.75) is 40.0 Å². The predicted molar refractivity (Wildman–Crippen MR) is 226 cm³/mol. The molecule has 0 atom stereocenters. The normalized spacial score (nSPS) is 12.1. The molecule has 1 heterocycles. The lowest BCUT2D eigenvalue weighted by molar-refractivity contribution is 0.591. The number of hydrogen-bond donors (Lipinski definition) is 0. The zero-order chi connectivity index (χ0) is 36.4. The molecule has 0 bridgehead atoms. The zero-order valence-corrected chi connectivity index (χ0v) is 30.9. The Morgan fingerprint density at radius 2 is 1.12 bits per heavy atom. The van der Waals surface area contributed by atoms with Crippen molar-refractivity contribution < 1.29 is 0 Å². The highest BCUT2D eigenvalue weighted by Gasteiger charge is 2.19. The molecular formula is C50H46N2. The molecule has 52 heavy (non-hydrogen) atoms. The van der Waals surface area contributed by atoms with Crippen LogP contribution >= 0.6 is 0 Å². The lowest BCUT2D eigenvalue weighted by Crippen LogP contribution is -2.15. The van der Waals surface area contributed by atoms with E-state index in [1.807, 2.05) is 19.1 Å². The van der Waals surface area contributed by atoms with E-state index in [9.17, 15) is 0 Å². The molecule has 6 aromatic carbocycles. The minimum absolute atomic E-state index is 0.0401. The molecule has 256 valence electrons. The molecule has 2 nitrogen and oxygen atoms in total. The maximum Gasteiger partial charge on any atom is 0.0541 e. The van der Waals surface area contributed by atoms with Crippen LogP contribution in [0.1, 0.15) is 40.2 Å². The summed E-state index contributed by atoms with van der Waals surface area (Å²) in [5.41, 5.74) is 14.6. The van der Waals surface area contributed by atoms with Gasteiger partial charge in [-0.2, -0.15) is 0 Å². The standard InChI is InChI=1S/C50H46N2/c1-8-17-35(2)36(3)30-37(4)51(44-24-15-20-39(31-44)38-18-11-9-12-19-38)45-25-16-21-40(32-45)41-26-28-48-46(33-41)47-34-42(50(5,6)7)27-29-49(47)52(48)43-22-13-10-14-23-43/h8-34H,2-3H2,1,4-7H3/b17-8-,37-30+. The molecule has 0 unspecified atom stereocenters. The predicted octanol–water partition coefficient (Wildman–Crippen LogP) is 14.1. The van der Waals surface area contributed by atoms with E-state index in [-0.39, 0.29) is 5.41 Å². The molecule has 0 aliphatic carbocycles. The minimum atomic E-state index is 0.0401. The molecule has 2 heteroatoms. The Morgan fingerprint density at radius 3 is 1.73 bits per heavy atom. The van der Waals surface area contributed by atoms with Crippen LogP contribution in [0.25, 0.3) is 49.7 Å². The summed E-state index contributed by atoms with van der Waals surface area (Å²) in [7, 11) is 0. The van der Waals surface area contributed by atoms with E-state index in [1.165, 1.54) is 44.1 Å². The van der Waals surface area contributed by atoms with Gasteiger partial charge in [0.15, 0.2) is 0 Å². The van der Waals surface area contributed by atoms with Gasteiger partial charge in [0, 0.05) is 33.5 Å². The van der Waals surface area contributed by atoms with Crippen LogP contribution in [0.2, 0.25) is 0 Å². The zero-order valence-electron chi connectivity index (χ0n) is 30.9. The van der Waals surface area contributed by atoms with E-state index in [4.69, 9.17) is 0 Å². The monoisotopic (exact) mass is 674 g/mol. The molecule has 0 saturated carbocycles. The van der Waals surface area contributed by atoms with Gasteiger partial charge in [-0.3, -0.25) is 0 Å². The van der Waals surface area contributed by atoms with Gasteiger partial charge in [0.05, 0.1) is 11.0 Å². The van der Waals surface area contributed by atoms with E-state index in [0.717, 1.165) is 39.5 Å². The van der Waals surface area contributed by atoms with Crippen LogP contribution in [0, 0.1) is 0 Å². The van der Waals surface area contributed by atoms with E-state index in [0.29, 0.717) is 0 Å². The maximum atomic E-state index is 4.36. The van der Waals surface area contributed by atoms with Gasteiger partial charge in [-0.05, 0) is 125 Å². The van der Waals surface area contributed by atoms with E-state index >= 15 is 0 Å². The molecule has 0 aliphatic rings. The number of allylic oxidation sites excluding steroid dienone is 6. The molecule has 0 aliphatic heterocycles. The summed E-state index contributed by atoms with van der Waals surface area (Å²) in [6, 6.07) is 52.7. The Morgan fingerprint density at radius 1 is 0.577 bits per heavy atom. The summed E-state index contributed by atoms with van der Waals surface area (Å²) in [6.07, 6.45) is 6.13. The summed E-state index contributed by atoms with van der Waals surface area (Å²) < 4.78 is 2.39. The van der Waals surface area contributed by atoms with Gasteiger partial charge in [0.2, 0.25) is 0 Å². The summed E-state index contributed by atoms with van der Waals surface area (Å²) in [4.78, 5) is 2.32. The van der Waals surface area contributed by atoms with Crippen LogP contribution in [-0.4, -0.2) is 4.57 Å². The molecule has 0 amide bonds. The third-order valence-corrected chi connectivity index (χ3v) is 9.81. The highest BCUT2D eigenvalue weighted by atomic mass is 15.1. The van der Waals surface area contributed by atoms with Gasteiger partial charge in [0.1, 0.15) is 0 Å². The van der Waals surface area contributed by atoms with Crippen molar-refractivity contribution in [2.24, 2.45) is 0 Å². The largest absolute Gasteiger partial charge is 0.314 e. The second kappa shape index (κ2) is 14.2. The minimum Gasteiger partial charge on any atom is -0.314 e. The summed E-state index contributed by atoms with van der Waals surface area (Å²) in [5, 5.41) is 2.51. The van der Waals surface area contributed by atoms with Gasteiger partial charge in [-0.1, -0.05) is 131 Å². The van der Waals surface area contributed by atoms with Crippen LogP contribution < -0.4 is 4.90 Å². The quantitative estimate of drug-likeness (QED) is 0.138. The molecule has 0 radical (unpaired) electrons. The number of benzene rings is 6. The first-order valence-corrected chi connectivity index (χ1v) is 18.0. The molecule has 1 aromatic heterocycles. The fourth-order valence-electron chi connectivity index (χ4n) is 7.08. The van der Waals surface area contributed by atoms with Crippen LogP contribution in [0.5, 0.6) is 0 Å². The Hall–Kier alpha value is -6.12. The number of para-hydroxylation sites is 1. The van der Waals surface area contributed by atoms with Gasteiger partial charge in [-0.25, -0.2) is 0 Å². The lowest BCUT2D eigenvalue weighted by atomic mass is 9.86. The first-order chi connectivity index (χ1) is 25.1. The third-order valence-electron chi connectivity index (χ3n) is 9.81. The van der Waals surface area contributed by atoms with Crippen LogP contribution in [0.15, 0.2) is 194 Å². The summed E-state index contributed by atoms with van der Waals surface area (Å²) in [5.74, 6) is 0. The van der Waals surface area contributed by atoms with Crippen molar-refractivity contribution >= 4 is 33.2 Å². The van der Waals surface area contributed by atoms with Crippen LogP contribution in [0.4, 0.5) is 11.4 Å². The van der Waals surface area contributed by atoms with Crippen molar-refractivity contribution in [1.29, 1.82) is 0 Å². The molecule has 0 saturated heterocycles. The van der Waals surface area contributed by atoms with Crippen molar-refractivity contribution in [3.63, 3.8) is 0 Å². The number of nitrogens with zero attached hydrogens (tertiary/aromatic N) is 2. The highest BCUT2D eigenvalue weighted by molar-refractivity contribution is 6.10. The SMILES string of the molecule is C=C(/C=C\C)C(=C)/C=C(\C)N(c1cccc(-c2ccccc2)c1)c1cccc(-c2ccc3c(c2)c2cc(C(C)(C)C)ccc2n3-c2ccccc2)c1. The Bertz CT molecular complexity index is 2480. The average molecular weight is 675 g/mol. The average Bonchev–Trinajstić information content (AvgIpc) is 3.49. The fourth-order valence-corrected chi connectivity index (χ4v) is 7.08. The van der Waals surface area contributed by atoms with Gasteiger partial charge in [0.25, 0.3) is 0 Å². The van der Waals surface area contributed by atoms with Crippen molar-refractivity contribution in [2.75, 3.05) is 4.90 Å². The topological polar surface area (TPSA) is 8.17 Å². The number of rotatable bonds is 9. The first kappa shape index (κ1) is 34.3. The highest BCUT2D eigenvalue weighted by Crippen LogP contribution is 2.39. The summed E-state index contributed by atoms with van der Waals surface area (Å²) >= 11 is 0. The molecule has 0 fully saturated rings. The fraction of sp³-hybridized carbons (Fsp3) is 0.120. The number of hydrogen-bond acceptors (Lipinski definition) is 1. The van der Waals surface area contributed by atoms with Crippen molar-refractivity contribution in [1.82, 2.24) is 4.57 Å². The van der Waals surface area contributed by atoms with Crippen molar-refractivity contribution in [3.05, 3.63) is 199 Å². The second-order valence-electron chi connectivity index (χ2n) is 14.5. The number of aromatic nitrogens is 1. The number of anilines is 2. The Balaban J connectivity index is 1.38. The molecule has 0 N–H and O–H groups in total. The first-order valence-electron chi connectivity index (χ1n) is 18.0. The Labute approximate surface area is 309 Å². The molecule has 7 rings (SSSR count). The summed E-state index contributed by atoms with van der Waals surface area (Å²) in [6.45, 7) is 19.6. The lowest BCUT2D eigenvalue weighted by Gasteiger charge is -2.27. The van der Waals surface area contributed by atoms with E-state index in [1.54, 1.807) is 0 Å².